The van der Waals surface area contributed by atoms with E-state index >= 15 is 0 Å². The molecule has 100 valence electrons. The van der Waals surface area contributed by atoms with E-state index < -0.39 is 17.6 Å². The smallest absolute Gasteiger partial charge is 0.303 e. The van der Waals surface area contributed by atoms with Crippen LogP contribution < -0.4 is 0 Å². The molecule has 0 bridgehead atoms. The molecule has 0 spiro atoms. The van der Waals surface area contributed by atoms with Gasteiger partial charge in [-0.05, 0) is 45.1 Å². The van der Waals surface area contributed by atoms with Crippen LogP contribution in [0, 0.1) is 11.6 Å². The van der Waals surface area contributed by atoms with Gasteiger partial charge in [-0.15, -0.1) is 0 Å². The number of aliphatic carboxylic acids is 1. The van der Waals surface area contributed by atoms with Gasteiger partial charge in [0.25, 0.3) is 0 Å². The first-order valence-corrected chi connectivity index (χ1v) is 5.78. The van der Waals surface area contributed by atoms with E-state index in [2.05, 4.69) is 0 Å². The molecule has 0 aliphatic heterocycles. The van der Waals surface area contributed by atoms with Crippen LogP contribution >= 0.6 is 0 Å². The van der Waals surface area contributed by atoms with Gasteiger partial charge in [-0.2, -0.15) is 0 Å². The minimum Gasteiger partial charge on any atom is -0.481 e. The predicted molar refractivity (Wildman–Crippen MR) is 64.3 cm³/mol. The molecule has 0 unspecified atom stereocenters. The summed E-state index contributed by atoms with van der Waals surface area (Å²) in [4.78, 5) is 12.2. The van der Waals surface area contributed by atoms with Gasteiger partial charge in [0, 0.05) is 18.0 Å². The van der Waals surface area contributed by atoms with Crippen LogP contribution in [-0.4, -0.2) is 29.6 Å². The lowest BCUT2D eigenvalue weighted by Gasteiger charge is -2.25. The highest BCUT2D eigenvalue weighted by Gasteiger charge is 2.16. The van der Waals surface area contributed by atoms with Gasteiger partial charge < -0.3 is 5.11 Å². The second-order valence-corrected chi connectivity index (χ2v) is 4.32. The average Bonchev–Trinajstić information content (AvgIpc) is 2.30. The lowest BCUT2D eigenvalue weighted by atomic mass is 10.1. The lowest BCUT2D eigenvalue weighted by Crippen LogP contribution is -2.24. The Bertz CT molecular complexity index is 423. The van der Waals surface area contributed by atoms with Gasteiger partial charge in [-0.1, -0.05) is 0 Å². The van der Waals surface area contributed by atoms with E-state index in [1.54, 1.807) is 18.9 Å². The van der Waals surface area contributed by atoms with Gasteiger partial charge in [0.1, 0.15) is 11.6 Å². The maximum atomic E-state index is 13.5. The predicted octanol–water partition coefficient (Wildman–Crippen LogP) is 2.82. The van der Waals surface area contributed by atoms with Gasteiger partial charge in [-0.25, -0.2) is 8.78 Å². The van der Waals surface area contributed by atoms with Crippen molar-refractivity contribution in [2.75, 3.05) is 13.6 Å². The van der Waals surface area contributed by atoms with Crippen molar-refractivity contribution in [3.05, 3.63) is 35.4 Å². The van der Waals surface area contributed by atoms with Gasteiger partial charge in [-0.3, -0.25) is 9.69 Å². The number of carbonyl (C=O) groups is 1. The zero-order valence-corrected chi connectivity index (χ0v) is 10.5. The third kappa shape index (κ3) is 4.07. The molecule has 0 amide bonds. The maximum Gasteiger partial charge on any atom is 0.303 e. The van der Waals surface area contributed by atoms with Gasteiger partial charge in [0.2, 0.25) is 0 Å². The molecular weight excluding hydrogens is 240 g/mol. The highest BCUT2D eigenvalue weighted by molar-refractivity contribution is 5.66. The number of nitrogens with zero attached hydrogens (tertiary/aromatic N) is 1. The Morgan fingerprint density at radius 1 is 1.44 bits per heavy atom. The van der Waals surface area contributed by atoms with E-state index in [0.717, 1.165) is 12.1 Å². The van der Waals surface area contributed by atoms with E-state index in [0.29, 0.717) is 13.0 Å². The molecule has 0 fully saturated rings. The van der Waals surface area contributed by atoms with Crippen LogP contribution in [-0.2, 0) is 4.79 Å². The molecule has 18 heavy (non-hydrogen) atoms. The molecule has 3 nitrogen and oxygen atoms in total. The minimum absolute atomic E-state index is 0.0721. The van der Waals surface area contributed by atoms with Crippen molar-refractivity contribution in [2.24, 2.45) is 0 Å². The molecule has 1 N–H and O–H groups in total. The number of hydrogen-bond donors (Lipinski definition) is 1. The summed E-state index contributed by atoms with van der Waals surface area (Å²) < 4.78 is 26.6. The molecule has 0 aliphatic rings. The molecule has 0 saturated heterocycles. The molecule has 5 heteroatoms. The third-order valence-electron chi connectivity index (χ3n) is 2.97. The lowest BCUT2D eigenvalue weighted by molar-refractivity contribution is -0.137. The van der Waals surface area contributed by atoms with Crippen molar-refractivity contribution < 1.29 is 18.7 Å². The summed E-state index contributed by atoms with van der Waals surface area (Å²) >= 11 is 0. The van der Waals surface area contributed by atoms with E-state index in [4.69, 9.17) is 5.11 Å². The second kappa shape index (κ2) is 6.44. The molecular formula is C13H17F2NO2. The van der Waals surface area contributed by atoms with Crippen molar-refractivity contribution in [1.82, 2.24) is 4.90 Å². The van der Waals surface area contributed by atoms with Crippen LogP contribution in [0.15, 0.2) is 18.2 Å². The SMILES string of the molecule is C[C@@H](c1cc(F)ccc1F)N(C)CCCC(=O)O. The number of benzene rings is 1. The number of carboxylic acid groups (broad SMARTS) is 1. The monoisotopic (exact) mass is 257 g/mol. The standard InChI is InChI=1S/C13H17F2NO2/c1-9(16(2)7-3-4-13(17)18)11-8-10(14)5-6-12(11)15/h5-6,8-9H,3-4,7H2,1-2H3,(H,17,18)/t9-/m0/s1. The summed E-state index contributed by atoms with van der Waals surface area (Å²) in [6, 6.07) is 3.06. The van der Waals surface area contributed by atoms with Crippen molar-refractivity contribution in [3.63, 3.8) is 0 Å². The first-order chi connectivity index (χ1) is 8.41. The van der Waals surface area contributed by atoms with Crippen LogP contribution in [0.3, 0.4) is 0 Å². The Kier molecular flexibility index (Phi) is 5.22. The molecule has 1 aromatic rings. The fourth-order valence-corrected chi connectivity index (χ4v) is 1.75. The van der Waals surface area contributed by atoms with Crippen molar-refractivity contribution in [2.45, 2.75) is 25.8 Å². The summed E-state index contributed by atoms with van der Waals surface area (Å²) in [6.45, 7) is 2.28. The van der Waals surface area contributed by atoms with Crippen LogP contribution in [0.5, 0.6) is 0 Å². The van der Waals surface area contributed by atoms with E-state index in [1.165, 1.54) is 6.07 Å². The normalized spacial score (nSPS) is 12.7. The van der Waals surface area contributed by atoms with Crippen LogP contribution in [0.4, 0.5) is 8.78 Å². The topological polar surface area (TPSA) is 40.5 Å². The fraction of sp³-hybridized carbons (Fsp3) is 0.462. The summed E-state index contributed by atoms with van der Waals surface area (Å²) in [5, 5.41) is 8.53. The van der Waals surface area contributed by atoms with Gasteiger partial charge >= 0.3 is 5.97 Å². The fourth-order valence-electron chi connectivity index (χ4n) is 1.75. The van der Waals surface area contributed by atoms with Crippen LogP contribution in [0.25, 0.3) is 0 Å². The number of hydrogen-bond acceptors (Lipinski definition) is 2. The molecule has 0 aromatic heterocycles. The maximum absolute atomic E-state index is 13.5. The molecule has 1 atom stereocenters. The van der Waals surface area contributed by atoms with Crippen molar-refractivity contribution in [1.29, 1.82) is 0 Å². The first kappa shape index (κ1) is 14.6. The number of halogens is 2. The molecule has 0 radical (unpaired) electrons. The number of carboxylic acids is 1. The minimum atomic E-state index is -0.854. The highest BCUT2D eigenvalue weighted by atomic mass is 19.1. The Morgan fingerprint density at radius 2 is 2.11 bits per heavy atom. The zero-order valence-electron chi connectivity index (χ0n) is 10.5. The Labute approximate surface area is 105 Å². The average molecular weight is 257 g/mol. The van der Waals surface area contributed by atoms with Crippen LogP contribution in [0.2, 0.25) is 0 Å². The highest BCUT2D eigenvalue weighted by Crippen LogP contribution is 2.22. The third-order valence-corrected chi connectivity index (χ3v) is 2.97. The summed E-state index contributed by atoms with van der Waals surface area (Å²) in [7, 11) is 1.76. The van der Waals surface area contributed by atoms with Crippen LogP contribution in [0.1, 0.15) is 31.4 Å². The van der Waals surface area contributed by atoms with E-state index in [1.807, 2.05) is 0 Å². The van der Waals surface area contributed by atoms with Crippen molar-refractivity contribution >= 4 is 5.97 Å². The molecule has 0 aliphatic carbocycles. The molecule has 1 rings (SSSR count). The summed E-state index contributed by atoms with van der Waals surface area (Å²) in [5.41, 5.74) is 0.285. The Morgan fingerprint density at radius 3 is 2.72 bits per heavy atom. The number of rotatable bonds is 6. The second-order valence-electron chi connectivity index (χ2n) is 4.32. The zero-order chi connectivity index (χ0) is 13.7. The summed E-state index contributed by atoms with van der Waals surface area (Å²) in [5.74, 6) is -1.78. The molecule has 0 saturated carbocycles. The van der Waals surface area contributed by atoms with E-state index in [-0.39, 0.29) is 18.0 Å². The molecule has 0 heterocycles. The Hall–Kier alpha value is -1.49. The molecule has 1 aromatic carbocycles. The summed E-state index contributed by atoms with van der Waals surface area (Å²) in [6.07, 6.45) is 0.551. The van der Waals surface area contributed by atoms with Gasteiger partial charge in [0.05, 0.1) is 0 Å². The largest absolute Gasteiger partial charge is 0.481 e. The quantitative estimate of drug-likeness (QED) is 0.852. The van der Waals surface area contributed by atoms with Crippen molar-refractivity contribution in [3.8, 4) is 0 Å². The van der Waals surface area contributed by atoms with Gasteiger partial charge in [0.15, 0.2) is 0 Å². The van der Waals surface area contributed by atoms with E-state index in [9.17, 15) is 13.6 Å². The first-order valence-electron chi connectivity index (χ1n) is 5.78. The Balaban J connectivity index is 2.64.